The van der Waals surface area contributed by atoms with Gasteiger partial charge >= 0.3 is 0 Å². The number of nitrogens with zero attached hydrogens (tertiary/aromatic N) is 1. The van der Waals surface area contributed by atoms with E-state index in [9.17, 15) is 4.79 Å². The van der Waals surface area contributed by atoms with Gasteiger partial charge in [0.25, 0.3) is 0 Å². The molecule has 1 saturated heterocycles. The number of thiol groups is 1. The fourth-order valence-corrected chi connectivity index (χ4v) is 3.40. The maximum absolute atomic E-state index is 12.1. The standard InChI is InChI=1S/C15H19NOS/c17-15-8-11(10-18)9-16(15)14-7-3-5-12-4-1-2-6-13(12)14/h3,5,7,11,18H,1-2,4,6,8-10H2. The highest BCUT2D eigenvalue weighted by Crippen LogP contribution is 2.34. The molecule has 1 amide bonds. The largest absolute Gasteiger partial charge is 0.312 e. The third-order valence-corrected chi connectivity index (χ3v) is 4.64. The summed E-state index contributed by atoms with van der Waals surface area (Å²) in [6.07, 6.45) is 5.49. The van der Waals surface area contributed by atoms with Gasteiger partial charge in [0.15, 0.2) is 0 Å². The van der Waals surface area contributed by atoms with Crippen molar-refractivity contribution in [3.05, 3.63) is 29.3 Å². The molecule has 18 heavy (non-hydrogen) atoms. The molecule has 1 unspecified atom stereocenters. The molecule has 0 spiro atoms. The van der Waals surface area contributed by atoms with Gasteiger partial charge in [-0.2, -0.15) is 12.6 Å². The number of carbonyl (C=O) groups is 1. The van der Waals surface area contributed by atoms with Crippen LogP contribution >= 0.6 is 12.6 Å². The normalized spacial score (nSPS) is 23.3. The lowest BCUT2D eigenvalue weighted by atomic mass is 9.90. The summed E-state index contributed by atoms with van der Waals surface area (Å²) in [5.41, 5.74) is 4.03. The van der Waals surface area contributed by atoms with E-state index in [0.717, 1.165) is 18.7 Å². The molecule has 1 aromatic rings. The Bertz CT molecular complexity index is 472. The van der Waals surface area contributed by atoms with Crippen LogP contribution in [0.1, 0.15) is 30.4 Å². The molecule has 1 atom stereocenters. The number of anilines is 1. The second kappa shape index (κ2) is 4.96. The van der Waals surface area contributed by atoms with Gasteiger partial charge in [0, 0.05) is 18.7 Å². The van der Waals surface area contributed by atoms with Crippen LogP contribution in [-0.2, 0) is 17.6 Å². The van der Waals surface area contributed by atoms with E-state index in [0.29, 0.717) is 12.3 Å². The summed E-state index contributed by atoms with van der Waals surface area (Å²) in [4.78, 5) is 14.1. The predicted octanol–water partition coefficient (Wildman–Crippen LogP) is 2.85. The van der Waals surface area contributed by atoms with E-state index in [-0.39, 0.29) is 5.91 Å². The Morgan fingerprint density at radius 3 is 2.89 bits per heavy atom. The minimum atomic E-state index is 0.271. The second-order valence-electron chi connectivity index (χ2n) is 5.38. The van der Waals surface area contributed by atoms with Crippen molar-refractivity contribution in [3.63, 3.8) is 0 Å². The van der Waals surface area contributed by atoms with Gasteiger partial charge < -0.3 is 4.90 Å². The van der Waals surface area contributed by atoms with Gasteiger partial charge in [0.05, 0.1) is 0 Å². The van der Waals surface area contributed by atoms with Crippen molar-refractivity contribution in [2.75, 3.05) is 17.2 Å². The van der Waals surface area contributed by atoms with Crippen LogP contribution in [0.25, 0.3) is 0 Å². The van der Waals surface area contributed by atoms with Crippen LogP contribution in [0.2, 0.25) is 0 Å². The highest BCUT2D eigenvalue weighted by atomic mass is 32.1. The van der Waals surface area contributed by atoms with E-state index in [1.54, 1.807) is 0 Å². The van der Waals surface area contributed by atoms with Gasteiger partial charge in [-0.05, 0) is 54.5 Å². The molecular formula is C15H19NOS. The summed E-state index contributed by atoms with van der Waals surface area (Å²) in [6.45, 7) is 0.846. The van der Waals surface area contributed by atoms with Crippen LogP contribution in [0.3, 0.4) is 0 Å². The Morgan fingerprint density at radius 1 is 1.28 bits per heavy atom. The average molecular weight is 261 g/mol. The van der Waals surface area contributed by atoms with E-state index < -0.39 is 0 Å². The molecule has 1 fully saturated rings. The SMILES string of the molecule is O=C1CC(CS)CN1c1cccc2c1CCCC2. The Balaban J connectivity index is 1.95. The van der Waals surface area contributed by atoms with Crippen molar-refractivity contribution < 1.29 is 4.79 Å². The number of fused-ring (bicyclic) bond motifs is 1. The van der Waals surface area contributed by atoms with Crippen LogP contribution in [0.4, 0.5) is 5.69 Å². The van der Waals surface area contributed by atoms with Crippen molar-refractivity contribution in [1.82, 2.24) is 0 Å². The topological polar surface area (TPSA) is 20.3 Å². The molecule has 3 heteroatoms. The summed E-state index contributed by atoms with van der Waals surface area (Å²) in [5.74, 6) is 1.49. The first kappa shape index (κ1) is 12.1. The first-order valence-corrected chi connectivity index (χ1v) is 7.45. The quantitative estimate of drug-likeness (QED) is 0.812. The monoisotopic (exact) mass is 261 g/mol. The van der Waals surface area contributed by atoms with Crippen LogP contribution in [0.5, 0.6) is 0 Å². The van der Waals surface area contributed by atoms with Crippen molar-refractivity contribution in [2.24, 2.45) is 5.92 Å². The minimum Gasteiger partial charge on any atom is -0.312 e. The Labute approximate surface area is 114 Å². The molecule has 0 aromatic heterocycles. The van der Waals surface area contributed by atoms with Crippen molar-refractivity contribution in [2.45, 2.75) is 32.1 Å². The van der Waals surface area contributed by atoms with Crippen LogP contribution in [0, 0.1) is 5.92 Å². The Hall–Kier alpha value is -0.960. The van der Waals surface area contributed by atoms with E-state index in [4.69, 9.17) is 0 Å². The maximum Gasteiger partial charge on any atom is 0.227 e. The minimum absolute atomic E-state index is 0.271. The molecule has 2 nitrogen and oxygen atoms in total. The van der Waals surface area contributed by atoms with Crippen LogP contribution in [0.15, 0.2) is 18.2 Å². The molecule has 0 bridgehead atoms. The van der Waals surface area contributed by atoms with Gasteiger partial charge in [-0.3, -0.25) is 4.79 Å². The van der Waals surface area contributed by atoms with Gasteiger partial charge in [-0.25, -0.2) is 0 Å². The van der Waals surface area contributed by atoms with Gasteiger partial charge in [-0.1, -0.05) is 12.1 Å². The summed E-state index contributed by atoms with van der Waals surface area (Å²) in [7, 11) is 0. The molecule has 2 aliphatic rings. The molecule has 0 saturated carbocycles. The number of hydrogen-bond acceptors (Lipinski definition) is 2. The number of benzene rings is 1. The van der Waals surface area contributed by atoms with Crippen molar-refractivity contribution in [3.8, 4) is 0 Å². The van der Waals surface area contributed by atoms with Gasteiger partial charge in [0.2, 0.25) is 5.91 Å². The average Bonchev–Trinajstić information content (AvgIpc) is 2.79. The molecule has 0 N–H and O–H groups in total. The lowest BCUT2D eigenvalue weighted by Crippen LogP contribution is -2.26. The molecule has 1 aliphatic heterocycles. The summed E-state index contributed by atoms with van der Waals surface area (Å²) >= 11 is 4.33. The Morgan fingerprint density at radius 2 is 2.11 bits per heavy atom. The van der Waals surface area contributed by atoms with Crippen LogP contribution in [-0.4, -0.2) is 18.2 Å². The van der Waals surface area contributed by atoms with E-state index in [1.807, 2.05) is 4.90 Å². The molecule has 1 aliphatic carbocycles. The van der Waals surface area contributed by atoms with Gasteiger partial charge in [-0.15, -0.1) is 0 Å². The van der Waals surface area contributed by atoms with Crippen molar-refractivity contribution >= 4 is 24.2 Å². The molecule has 3 rings (SSSR count). The molecule has 96 valence electrons. The zero-order valence-corrected chi connectivity index (χ0v) is 11.5. The molecule has 1 heterocycles. The van der Waals surface area contributed by atoms with Crippen molar-refractivity contribution in [1.29, 1.82) is 0 Å². The van der Waals surface area contributed by atoms with Crippen LogP contribution < -0.4 is 4.90 Å². The van der Waals surface area contributed by atoms with Gasteiger partial charge in [0.1, 0.15) is 0 Å². The summed E-state index contributed by atoms with van der Waals surface area (Å²) in [5, 5.41) is 0. The Kier molecular flexibility index (Phi) is 3.33. The third kappa shape index (κ3) is 2.05. The third-order valence-electron chi connectivity index (χ3n) is 4.13. The fourth-order valence-electron chi connectivity index (χ4n) is 3.15. The van der Waals surface area contributed by atoms with E-state index >= 15 is 0 Å². The van der Waals surface area contributed by atoms with E-state index in [1.165, 1.54) is 36.1 Å². The molecule has 1 aromatic carbocycles. The zero-order chi connectivity index (χ0) is 12.5. The number of carbonyl (C=O) groups excluding carboxylic acids is 1. The second-order valence-corrected chi connectivity index (χ2v) is 5.74. The highest BCUT2D eigenvalue weighted by molar-refractivity contribution is 7.80. The summed E-state index contributed by atoms with van der Waals surface area (Å²) < 4.78 is 0. The van der Waals surface area contributed by atoms with E-state index in [2.05, 4.69) is 30.8 Å². The highest BCUT2D eigenvalue weighted by Gasteiger charge is 2.31. The number of aryl methyl sites for hydroxylation is 1. The number of rotatable bonds is 2. The smallest absolute Gasteiger partial charge is 0.227 e. The first-order valence-electron chi connectivity index (χ1n) is 6.81. The molecule has 0 radical (unpaired) electrons. The predicted molar refractivity (Wildman–Crippen MR) is 77.4 cm³/mol. The summed E-state index contributed by atoms with van der Waals surface area (Å²) in [6, 6.07) is 6.43. The maximum atomic E-state index is 12.1. The number of hydrogen-bond donors (Lipinski definition) is 1. The number of amides is 1. The lowest BCUT2D eigenvalue weighted by Gasteiger charge is -2.25. The lowest BCUT2D eigenvalue weighted by molar-refractivity contribution is -0.117. The fraction of sp³-hybridized carbons (Fsp3) is 0.533. The zero-order valence-electron chi connectivity index (χ0n) is 10.6. The molecular weight excluding hydrogens is 242 g/mol. The first-order chi connectivity index (χ1) is 8.79.